The van der Waals surface area contributed by atoms with Crippen molar-refractivity contribution in [3.05, 3.63) is 66.0 Å². The van der Waals surface area contributed by atoms with Gasteiger partial charge in [-0.3, -0.25) is 9.48 Å². The van der Waals surface area contributed by atoms with Crippen LogP contribution in [0, 0.1) is 0 Å². The summed E-state index contributed by atoms with van der Waals surface area (Å²) in [6.45, 7) is 0.851. The molecule has 0 saturated carbocycles. The molecule has 0 spiro atoms. The summed E-state index contributed by atoms with van der Waals surface area (Å²) in [5, 5.41) is 4.22. The minimum Gasteiger partial charge on any atom is -0.347 e. The highest BCUT2D eigenvalue weighted by molar-refractivity contribution is 7.91. The van der Waals surface area contributed by atoms with E-state index in [1.807, 2.05) is 13.2 Å². The van der Waals surface area contributed by atoms with Crippen LogP contribution in [0.15, 0.2) is 53.9 Å². The highest BCUT2D eigenvalue weighted by Gasteiger charge is 2.32. The van der Waals surface area contributed by atoms with Gasteiger partial charge in [0.05, 0.1) is 41.1 Å². The second-order valence-electron chi connectivity index (χ2n) is 6.92. The first-order valence-electron chi connectivity index (χ1n) is 9.00. The summed E-state index contributed by atoms with van der Waals surface area (Å²) in [4.78, 5) is 22.2. The topological polar surface area (TPSA) is 101 Å². The molecule has 1 amide bonds. The molecule has 28 heavy (non-hydrogen) atoms. The van der Waals surface area contributed by atoms with Crippen LogP contribution in [0.5, 0.6) is 0 Å². The Labute approximate surface area is 163 Å². The van der Waals surface area contributed by atoms with Gasteiger partial charge in [-0.25, -0.2) is 13.4 Å². The largest absolute Gasteiger partial charge is 0.347 e. The molecule has 1 aliphatic heterocycles. The van der Waals surface area contributed by atoms with Gasteiger partial charge in [-0.15, -0.1) is 0 Å². The zero-order valence-corrected chi connectivity index (χ0v) is 16.3. The number of H-pyrrole nitrogens is 1. The summed E-state index contributed by atoms with van der Waals surface area (Å²) < 4.78 is 26.7. The molecular weight excluding hydrogens is 378 g/mol. The van der Waals surface area contributed by atoms with Crippen molar-refractivity contribution in [2.75, 3.05) is 12.3 Å². The van der Waals surface area contributed by atoms with Gasteiger partial charge in [0.15, 0.2) is 9.84 Å². The summed E-state index contributed by atoms with van der Waals surface area (Å²) in [6, 6.07) is 8.22. The number of amides is 1. The van der Waals surface area contributed by atoms with Crippen molar-refractivity contribution in [3.63, 3.8) is 0 Å². The van der Waals surface area contributed by atoms with Crippen LogP contribution in [0.1, 0.15) is 29.3 Å². The van der Waals surface area contributed by atoms with E-state index in [9.17, 15) is 13.2 Å². The van der Waals surface area contributed by atoms with Crippen molar-refractivity contribution in [2.24, 2.45) is 7.05 Å². The number of nitrogens with one attached hydrogen (secondary N) is 1. The Balaban J connectivity index is 1.49. The normalized spacial score (nSPS) is 16.8. The van der Waals surface area contributed by atoms with Crippen molar-refractivity contribution >= 4 is 15.7 Å². The number of carbonyl (C=O) groups is 1. The van der Waals surface area contributed by atoms with Crippen LogP contribution in [0.2, 0.25) is 0 Å². The number of aromatic nitrogens is 4. The number of imidazole rings is 1. The van der Waals surface area contributed by atoms with Gasteiger partial charge in [-0.1, -0.05) is 18.2 Å². The van der Waals surface area contributed by atoms with Crippen LogP contribution in [-0.2, 0) is 28.2 Å². The minimum atomic E-state index is -3.49. The zero-order valence-electron chi connectivity index (χ0n) is 15.4. The van der Waals surface area contributed by atoms with E-state index in [1.165, 1.54) is 0 Å². The number of rotatable bonds is 5. The third-order valence-corrected chi connectivity index (χ3v) is 6.73. The van der Waals surface area contributed by atoms with Crippen LogP contribution in [0.3, 0.4) is 0 Å². The van der Waals surface area contributed by atoms with Crippen LogP contribution in [0.4, 0.5) is 0 Å². The Morgan fingerprint density at radius 3 is 2.79 bits per heavy atom. The fourth-order valence-electron chi connectivity index (χ4n) is 3.52. The molecule has 1 N–H and O–H groups in total. The number of aromatic amines is 1. The SMILES string of the molecule is Cn1cc(C2CN(C(=O)CCS(=O)(=O)c3ccccc3)Cc3[nH]cnc32)cn1. The van der Waals surface area contributed by atoms with Crippen LogP contribution in [-0.4, -0.2) is 51.3 Å². The molecule has 1 aromatic carbocycles. The average molecular weight is 399 g/mol. The Morgan fingerprint density at radius 1 is 1.29 bits per heavy atom. The number of nitrogens with zero attached hydrogens (tertiary/aromatic N) is 4. The summed E-state index contributed by atoms with van der Waals surface area (Å²) in [6.07, 6.45) is 5.26. The maximum atomic E-state index is 12.8. The van der Waals surface area contributed by atoms with Crippen molar-refractivity contribution in [2.45, 2.75) is 23.8 Å². The molecule has 0 aliphatic carbocycles. The van der Waals surface area contributed by atoms with Gasteiger partial charge in [0.2, 0.25) is 5.91 Å². The lowest BCUT2D eigenvalue weighted by molar-refractivity contribution is -0.132. The Kier molecular flexibility index (Phi) is 4.76. The molecule has 3 heterocycles. The van der Waals surface area contributed by atoms with Crippen LogP contribution < -0.4 is 0 Å². The Hall–Kier alpha value is -2.94. The molecule has 1 unspecified atom stereocenters. The fraction of sp³-hybridized carbons (Fsp3) is 0.316. The fourth-order valence-corrected chi connectivity index (χ4v) is 4.77. The molecule has 1 atom stereocenters. The van der Waals surface area contributed by atoms with Gasteiger partial charge in [-0.05, 0) is 12.1 Å². The van der Waals surface area contributed by atoms with E-state index in [4.69, 9.17) is 0 Å². The number of hydrogen-bond acceptors (Lipinski definition) is 5. The monoisotopic (exact) mass is 399 g/mol. The lowest BCUT2D eigenvalue weighted by Gasteiger charge is -2.31. The van der Waals surface area contributed by atoms with E-state index in [1.54, 1.807) is 52.4 Å². The van der Waals surface area contributed by atoms with E-state index in [0.29, 0.717) is 13.1 Å². The van der Waals surface area contributed by atoms with Gasteiger partial charge in [0, 0.05) is 37.7 Å². The Bertz CT molecular complexity index is 1090. The molecule has 4 rings (SSSR count). The molecule has 2 aromatic heterocycles. The standard InChI is InChI=1S/C19H21N5O3S/c1-23-10-14(9-22-23)16-11-24(12-17-19(16)21-13-20-17)18(25)7-8-28(26,27)15-5-3-2-4-6-15/h2-6,9-10,13,16H,7-8,11-12H2,1H3,(H,20,21). The maximum absolute atomic E-state index is 12.8. The van der Waals surface area contributed by atoms with E-state index < -0.39 is 9.84 Å². The first-order valence-corrected chi connectivity index (χ1v) is 10.7. The number of fused-ring (bicyclic) bond motifs is 1. The smallest absolute Gasteiger partial charge is 0.223 e. The first kappa shape index (κ1) is 18.4. The highest BCUT2D eigenvalue weighted by atomic mass is 32.2. The lowest BCUT2D eigenvalue weighted by Crippen LogP contribution is -2.39. The molecule has 1 aliphatic rings. The van der Waals surface area contributed by atoms with Crippen LogP contribution >= 0.6 is 0 Å². The van der Waals surface area contributed by atoms with Gasteiger partial charge in [0.1, 0.15) is 0 Å². The molecule has 0 radical (unpaired) electrons. The van der Waals surface area contributed by atoms with E-state index in [-0.39, 0.29) is 28.9 Å². The quantitative estimate of drug-likeness (QED) is 0.700. The van der Waals surface area contributed by atoms with E-state index >= 15 is 0 Å². The Morgan fingerprint density at radius 2 is 2.07 bits per heavy atom. The first-order chi connectivity index (χ1) is 13.4. The van der Waals surface area contributed by atoms with Gasteiger partial charge >= 0.3 is 0 Å². The molecule has 0 bridgehead atoms. The molecule has 8 nitrogen and oxygen atoms in total. The van der Waals surface area contributed by atoms with Crippen molar-refractivity contribution in [1.82, 2.24) is 24.6 Å². The summed E-state index contributed by atoms with van der Waals surface area (Å²) in [7, 11) is -1.64. The van der Waals surface area contributed by atoms with Crippen LogP contribution in [0.25, 0.3) is 0 Å². The zero-order chi connectivity index (χ0) is 19.7. The molecular formula is C19H21N5O3S. The minimum absolute atomic E-state index is 0.0551. The van der Waals surface area contributed by atoms with Gasteiger partial charge < -0.3 is 9.88 Å². The van der Waals surface area contributed by atoms with Crippen molar-refractivity contribution in [1.29, 1.82) is 0 Å². The number of aryl methyl sites for hydroxylation is 1. The molecule has 9 heteroatoms. The third-order valence-electron chi connectivity index (χ3n) is 5.00. The predicted molar refractivity (Wildman–Crippen MR) is 102 cm³/mol. The van der Waals surface area contributed by atoms with Crippen molar-refractivity contribution < 1.29 is 13.2 Å². The van der Waals surface area contributed by atoms with Crippen molar-refractivity contribution in [3.8, 4) is 0 Å². The second kappa shape index (κ2) is 7.23. The molecule has 146 valence electrons. The molecule has 0 saturated heterocycles. The van der Waals surface area contributed by atoms with Gasteiger partial charge in [-0.2, -0.15) is 5.10 Å². The lowest BCUT2D eigenvalue weighted by atomic mass is 9.93. The second-order valence-corrected chi connectivity index (χ2v) is 9.03. The van der Waals surface area contributed by atoms with E-state index in [0.717, 1.165) is 17.0 Å². The summed E-state index contributed by atoms with van der Waals surface area (Å²) in [5.74, 6) is -0.480. The average Bonchev–Trinajstić information content (AvgIpc) is 3.35. The molecule has 0 fully saturated rings. The summed E-state index contributed by atoms with van der Waals surface area (Å²) in [5.41, 5.74) is 2.76. The summed E-state index contributed by atoms with van der Waals surface area (Å²) >= 11 is 0. The number of carbonyl (C=O) groups excluding carboxylic acids is 1. The number of benzene rings is 1. The number of hydrogen-bond donors (Lipinski definition) is 1. The number of sulfone groups is 1. The van der Waals surface area contributed by atoms with Gasteiger partial charge in [0.25, 0.3) is 0 Å². The van der Waals surface area contributed by atoms with E-state index in [2.05, 4.69) is 15.1 Å². The maximum Gasteiger partial charge on any atom is 0.223 e. The predicted octanol–water partition coefficient (Wildman–Crippen LogP) is 1.48. The highest BCUT2D eigenvalue weighted by Crippen LogP contribution is 2.31. The molecule has 3 aromatic rings. The third kappa shape index (κ3) is 3.57.